The third-order valence-corrected chi connectivity index (χ3v) is 4.91. The molecule has 1 saturated heterocycles. The van der Waals surface area contributed by atoms with Gasteiger partial charge in [0.05, 0.1) is 19.6 Å². The normalized spacial score (nSPS) is 21.2. The number of nitrogens with one attached hydrogen (secondary N) is 3. The number of anilines is 1. The van der Waals surface area contributed by atoms with E-state index in [9.17, 15) is 8.78 Å². The fourth-order valence-electron chi connectivity index (χ4n) is 2.85. The van der Waals surface area contributed by atoms with E-state index in [1.165, 1.54) is 26.1 Å². The highest BCUT2D eigenvalue weighted by Crippen LogP contribution is 2.26. The summed E-state index contributed by atoms with van der Waals surface area (Å²) in [6, 6.07) is 7.31. The van der Waals surface area contributed by atoms with Crippen molar-refractivity contribution in [2.75, 3.05) is 25.0 Å². The maximum atomic E-state index is 12.3. The summed E-state index contributed by atoms with van der Waals surface area (Å²) < 4.78 is 24.6. The highest BCUT2D eigenvalue weighted by Gasteiger charge is 2.21. The van der Waals surface area contributed by atoms with Crippen LogP contribution in [0.15, 0.2) is 29.2 Å². The first-order valence-electron chi connectivity index (χ1n) is 8.02. The smallest absolute Gasteiger partial charge is 0.288 e. The fraction of sp³-hybridized carbons (Fsp3) is 0.562. The zero-order valence-corrected chi connectivity index (χ0v) is 14.9. The van der Waals surface area contributed by atoms with Crippen molar-refractivity contribution in [1.82, 2.24) is 5.32 Å². The highest BCUT2D eigenvalue weighted by molar-refractivity contribution is 7.99. The number of thioether (sulfide) groups is 1. The molecule has 0 spiro atoms. The van der Waals surface area contributed by atoms with Gasteiger partial charge in [0.25, 0.3) is 5.76 Å². The predicted molar refractivity (Wildman–Crippen MR) is 96.5 cm³/mol. The largest absolute Gasteiger partial charge is 0.359 e. The van der Waals surface area contributed by atoms with Gasteiger partial charge < -0.3 is 15.5 Å². The molecule has 0 amide bonds. The lowest BCUT2D eigenvalue weighted by atomic mass is 10.1. The van der Waals surface area contributed by atoms with Crippen molar-refractivity contribution in [3.63, 3.8) is 0 Å². The van der Waals surface area contributed by atoms with E-state index in [4.69, 9.17) is 12.2 Å². The molecule has 2 rings (SSSR count). The van der Waals surface area contributed by atoms with Gasteiger partial charge in [-0.05, 0) is 42.9 Å². The van der Waals surface area contributed by atoms with E-state index in [1.54, 1.807) is 29.2 Å². The van der Waals surface area contributed by atoms with Crippen molar-refractivity contribution in [2.45, 2.75) is 42.9 Å². The Labute approximate surface area is 146 Å². The SMILES string of the molecule is CCC[NH+]1CCC(NC(=S)Nc2ccc(SC(F)F)cc2)CC1. The average Bonchev–Trinajstić information content (AvgIpc) is 2.51. The maximum absolute atomic E-state index is 12.3. The molecule has 23 heavy (non-hydrogen) atoms. The summed E-state index contributed by atoms with van der Waals surface area (Å²) in [6.45, 7) is 5.85. The zero-order valence-electron chi connectivity index (χ0n) is 13.3. The quantitative estimate of drug-likeness (QED) is 0.537. The molecular formula is C16H24F2N3S2+. The van der Waals surface area contributed by atoms with Crippen LogP contribution in [-0.2, 0) is 0 Å². The molecule has 0 atom stereocenters. The van der Waals surface area contributed by atoms with E-state index in [0.717, 1.165) is 18.5 Å². The number of piperidine rings is 1. The standard InChI is InChI=1S/C16H23F2N3S2/c1-2-9-21-10-7-13(8-11-21)20-16(22)19-12-3-5-14(6-4-12)23-15(17)18/h3-6,13,15H,2,7-11H2,1H3,(H2,19,20,22)/p+1. The van der Waals surface area contributed by atoms with Crippen molar-refractivity contribution >= 4 is 34.8 Å². The van der Waals surface area contributed by atoms with Gasteiger partial charge in [-0.3, -0.25) is 0 Å². The van der Waals surface area contributed by atoms with Gasteiger partial charge in [-0.15, -0.1) is 0 Å². The molecule has 1 aliphatic rings. The minimum absolute atomic E-state index is 0.421. The number of quaternary nitrogens is 1. The Hall–Kier alpha value is -0.920. The van der Waals surface area contributed by atoms with E-state index < -0.39 is 5.76 Å². The van der Waals surface area contributed by atoms with Gasteiger partial charge in [-0.2, -0.15) is 8.78 Å². The summed E-state index contributed by atoms with van der Waals surface area (Å²) in [5.41, 5.74) is 0.815. The second-order valence-corrected chi connectivity index (χ2v) is 7.25. The number of rotatable bonds is 6. The molecule has 1 fully saturated rings. The summed E-state index contributed by atoms with van der Waals surface area (Å²) in [5, 5.41) is 7.08. The van der Waals surface area contributed by atoms with Gasteiger partial charge in [-0.1, -0.05) is 18.7 Å². The third kappa shape index (κ3) is 6.61. The van der Waals surface area contributed by atoms with Crippen molar-refractivity contribution in [3.8, 4) is 0 Å². The van der Waals surface area contributed by atoms with Crippen LogP contribution in [-0.4, -0.2) is 36.5 Å². The van der Waals surface area contributed by atoms with Crippen LogP contribution < -0.4 is 15.5 Å². The number of halogens is 2. The summed E-state index contributed by atoms with van der Waals surface area (Å²) in [7, 11) is 0. The second kappa shape index (κ2) is 9.39. The Morgan fingerprint density at radius 1 is 1.30 bits per heavy atom. The first-order chi connectivity index (χ1) is 11.1. The number of benzene rings is 1. The van der Waals surface area contributed by atoms with E-state index in [1.807, 2.05) is 0 Å². The van der Waals surface area contributed by atoms with Gasteiger partial charge in [0.1, 0.15) is 0 Å². The molecule has 128 valence electrons. The van der Waals surface area contributed by atoms with Crippen molar-refractivity contribution < 1.29 is 13.7 Å². The summed E-state index contributed by atoms with van der Waals surface area (Å²) >= 11 is 5.89. The first kappa shape index (κ1) is 18.4. The molecule has 0 radical (unpaired) electrons. The summed E-state index contributed by atoms with van der Waals surface area (Å²) in [6.07, 6.45) is 3.48. The van der Waals surface area contributed by atoms with Gasteiger partial charge in [0.15, 0.2) is 5.11 Å². The van der Waals surface area contributed by atoms with Crippen LogP contribution >= 0.6 is 24.0 Å². The highest BCUT2D eigenvalue weighted by atomic mass is 32.2. The van der Waals surface area contributed by atoms with E-state index in [0.29, 0.717) is 27.8 Å². The molecule has 1 aromatic carbocycles. The van der Waals surface area contributed by atoms with Crippen LogP contribution in [0.25, 0.3) is 0 Å². The minimum Gasteiger partial charge on any atom is -0.359 e. The number of alkyl halides is 2. The molecule has 3 nitrogen and oxygen atoms in total. The second-order valence-electron chi connectivity index (χ2n) is 5.78. The average molecular weight is 361 g/mol. The van der Waals surface area contributed by atoms with E-state index >= 15 is 0 Å². The van der Waals surface area contributed by atoms with Crippen LogP contribution in [0.5, 0.6) is 0 Å². The fourth-order valence-corrected chi connectivity index (χ4v) is 3.63. The van der Waals surface area contributed by atoms with Crippen LogP contribution in [0.3, 0.4) is 0 Å². The Morgan fingerprint density at radius 2 is 1.96 bits per heavy atom. The van der Waals surface area contributed by atoms with Gasteiger partial charge in [-0.25, -0.2) is 0 Å². The number of hydrogen-bond donors (Lipinski definition) is 3. The van der Waals surface area contributed by atoms with Crippen molar-refractivity contribution in [1.29, 1.82) is 0 Å². The van der Waals surface area contributed by atoms with Crippen LogP contribution in [0, 0.1) is 0 Å². The Balaban J connectivity index is 1.74. The summed E-state index contributed by atoms with van der Waals surface area (Å²) in [5.74, 6) is -2.39. The lowest BCUT2D eigenvalue weighted by molar-refractivity contribution is -0.905. The topological polar surface area (TPSA) is 28.5 Å². The Kier molecular flexibility index (Phi) is 7.52. The molecule has 0 saturated carbocycles. The van der Waals surface area contributed by atoms with Gasteiger partial charge in [0.2, 0.25) is 0 Å². The molecule has 1 aliphatic heterocycles. The monoisotopic (exact) mass is 360 g/mol. The molecule has 7 heteroatoms. The van der Waals surface area contributed by atoms with Crippen molar-refractivity contribution in [3.05, 3.63) is 24.3 Å². The predicted octanol–water partition coefficient (Wildman–Crippen LogP) is 2.75. The molecule has 1 heterocycles. The zero-order chi connectivity index (χ0) is 16.7. The number of thiocarbonyl (C=S) groups is 1. The molecular weight excluding hydrogens is 336 g/mol. The third-order valence-electron chi connectivity index (χ3n) is 3.97. The Bertz CT molecular complexity index is 489. The van der Waals surface area contributed by atoms with Crippen molar-refractivity contribution in [2.24, 2.45) is 0 Å². The molecule has 0 unspecified atom stereocenters. The molecule has 0 aliphatic carbocycles. The van der Waals surface area contributed by atoms with Crippen LogP contribution in [0.1, 0.15) is 26.2 Å². The lowest BCUT2D eigenvalue weighted by Gasteiger charge is -2.30. The van der Waals surface area contributed by atoms with Gasteiger partial charge in [0, 0.05) is 29.5 Å². The maximum Gasteiger partial charge on any atom is 0.288 e. The Morgan fingerprint density at radius 3 is 2.52 bits per heavy atom. The molecule has 0 aromatic heterocycles. The van der Waals surface area contributed by atoms with E-state index in [-0.39, 0.29) is 0 Å². The first-order valence-corrected chi connectivity index (χ1v) is 9.31. The molecule has 3 N–H and O–H groups in total. The number of likely N-dealkylation sites (tertiary alicyclic amines) is 1. The van der Waals surface area contributed by atoms with Crippen LogP contribution in [0.4, 0.5) is 14.5 Å². The summed E-state index contributed by atoms with van der Waals surface area (Å²) in [4.78, 5) is 2.23. The minimum atomic E-state index is -2.39. The molecule has 1 aromatic rings. The van der Waals surface area contributed by atoms with E-state index in [2.05, 4.69) is 17.6 Å². The number of hydrogen-bond acceptors (Lipinski definition) is 2. The molecule has 0 bridgehead atoms. The lowest BCUT2D eigenvalue weighted by Crippen LogP contribution is -3.13. The van der Waals surface area contributed by atoms with Crippen LogP contribution in [0.2, 0.25) is 0 Å². The van der Waals surface area contributed by atoms with Gasteiger partial charge >= 0.3 is 0 Å².